The van der Waals surface area contributed by atoms with E-state index in [-0.39, 0.29) is 18.0 Å². The van der Waals surface area contributed by atoms with Gasteiger partial charge in [-0.25, -0.2) is 4.68 Å². The van der Waals surface area contributed by atoms with Gasteiger partial charge in [0.15, 0.2) is 0 Å². The van der Waals surface area contributed by atoms with Crippen molar-refractivity contribution in [3.63, 3.8) is 0 Å². The Labute approximate surface area is 183 Å². The summed E-state index contributed by atoms with van der Waals surface area (Å²) in [5.41, 5.74) is 0.788. The molecule has 5 rings (SSSR count). The number of para-hydroxylation sites is 1. The van der Waals surface area contributed by atoms with Gasteiger partial charge < -0.3 is 10.1 Å². The molecule has 0 spiro atoms. The fraction of sp³-hybridized carbons (Fsp3) is 0.348. The molecule has 1 saturated carbocycles. The summed E-state index contributed by atoms with van der Waals surface area (Å²) < 4.78 is 8.70. The number of carbonyl (C=O) groups is 1. The minimum absolute atomic E-state index is 0.119. The lowest BCUT2D eigenvalue weighted by Crippen LogP contribution is -2.46. The summed E-state index contributed by atoms with van der Waals surface area (Å²) in [7, 11) is 1.65. The molecule has 0 aliphatic heterocycles. The number of fused-ring (bicyclic) bond motifs is 3. The molecule has 31 heavy (non-hydrogen) atoms. The molecule has 0 saturated heterocycles. The number of aromatic nitrogens is 3. The van der Waals surface area contributed by atoms with Crippen LogP contribution in [0.1, 0.15) is 37.1 Å². The van der Waals surface area contributed by atoms with E-state index in [9.17, 15) is 9.59 Å². The normalized spacial score (nSPS) is 15.5. The average Bonchev–Trinajstić information content (AvgIpc) is 3.48. The molecule has 0 unspecified atom stereocenters. The van der Waals surface area contributed by atoms with Gasteiger partial charge in [0.1, 0.15) is 28.5 Å². The molecule has 3 heterocycles. The van der Waals surface area contributed by atoms with Gasteiger partial charge in [0.2, 0.25) is 5.91 Å². The molecule has 1 amide bonds. The fourth-order valence-corrected chi connectivity index (χ4v) is 5.77. The van der Waals surface area contributed by atoms with Gasteiger partial charge >= 0.3 is 0 Å². The van der Waals surface area contributed by atoms with Crippen molar-refractivity contribution in [3.8, 4) is 5.75 Å². The van der Waals surface area contributed by atoms with Crippen LogP contribution in [0.5, 0.6) is 5.75 Å². The molecule has 4 aromatic rings. The molecular formula is C23H24N4O3S. The number of nitrogens with zero attached hydrogens (tertiary/aromatic N) is 3. The molecule has 1 aromatic carbocycles. The second-order valence-electron chi connectivity index (χ2n) is 8.09. The van der Waals surface area contributed by atoms with Crippen LogP contribution in [0.2, 0.25) is 0 Å². The van der Waals surface area contributed by atoms with E-state index in [1.165, 1.54) is 4.68 Å². The van der Waals surface area contributed by atoms with Crippen LogP contribution in [0.25, 0.3) is 15.7 Å². The van der Waals surface area contributed by atoms with Gasteiger partial charge in [0, 0.05) is 10.9 Å². The van der Waals surface area contributed by atoms with Gasteiger partial charge in [-0.2, -0.15) is 5.10 Å². The highest BCUT2D eigenvalue weighted by Crippen LogP contribution is 2.42. The lowest BCUT2D eigenvalue weighted by molar-refractivity contribution is -0.124. The number of nitrogens with one attached hydrogen (secondary N) is 1. The lowest BCUT2D eigenvalue weighted by Gasteiger charge is -2.32. The number of benzene rings is 1. The zero-order chi connectivity index (χ0) is 21.6. The van der Waals surface area contributed by atoms with Crippen molar-refractivity contribution in [2.24, 2.45) is 0 Å². The third-order valence-corrected chi connectivity index (χ3v) is 7.12. The standard InChI is InChI=1S/C23H24N4O3S/c1-15-25-26(21(29)18-13-16-9-12-31-22(16)27(15)18)14-20(28)24-23(10-5-6-11-23)17-7-3-4-8-19(17)30-2/h3-4,7-9,12-13H,5-6,10-11,14H2,1-2H3,(H,24,28). The van der Waals surface area contributed by atoms with Crippen molar-refractivity contribution in [3.05, 3.63) is 63.5 Å². The number of carbonyl (C=O) groups excluding carboxylic acids is 1. The molecule has 1 N–H and O–H groups in total. The number of hydrogen-bond acceptors (Lipinski definition) is 5. The van der Waals surface area contributed by atoms with Gasteiger partial charge in [0.25, 0.3) is 5.56 Å². The smallest absolute Gasteiger partial charge is 0.291 e. The maximum absolute atomic E-state index is 13.1. The van der Waals surface area contributed by atoms with Gasteiger partial charge in [-0.05, 0) is 43.3 Å². The Morgan fingerprint density at radius 2 is 2.03 bits per heavy atom. The first-order valence-electron chi connectivity index (χ1n) is 10.4. The molecule has 3 aromatic heterocycles. The average molecular weight is 437 g/mol. The molecule has 7 nitrogen and oxygen atoms in total. The molecule has 0 radical (unpaired) electrons. The number of aryl methyl sites for hydroxylation is 1. The summed E-state index contributed by atoms with van der Waals surface area (Å²) in [4.78, 5) is 27.2. The summed E-state index contributed by atoms with van der Waals surface area (Å²) in [5, 5.41) is 10.7. The Morgan fingerprint density at radius 1 is 1.26 bits per heavy atom. The summed E-state index contributed by atoms with van der Waals surface area (Å²) in [6, 6.07) is 11.7. The van der Waals surface area contributed by atoms with E-state index in [0.717, 1.165) is 47.2 Å². The van der Waals surface area contributed by atoms with Crippen molar-refractivity contribution >= 4 is 33.0 Å². The number of thiophene rings is 1. The SMILES string of the molecule is COc1ccccc1C1(NC(=O)Cn2nc(C)n3c(cc4ccsc43)c2=O)CCCC1. The zero-order valence-electron chi connectivity index (χ0n) is 17.6. The third-order valence-electron chi connectivity index (χ3n) is 6.20. The van der Waals surface area contributed by atoms with Gasteiger partial charge in [-0.3, -0.25) is 14.0 Å². The van der Waals surface area contributed by atoms with Crippen molar-refractivity contribution in [1.82, 2.24) is 19.5 Å². The largest absolute Gasteiger partial charge is 0.496 e. The molecule has 0 bridgehead atoms. The van der Waals surface area contributed by atoms with E-state index in [4.69, 9.17) is 4.74 Å². The monoisotopic (exact) mass is 436 g/mol. The number of hydrogen-bond donors (Lipinski definition) is 1. The van der Waals surface area contributed by atoms with Crippen molar-refractivity contribution < 1.29 is 9.53 Å². The van der Waals surface area contributed by atoms with E-state index in [1.54, 1.807) is 18.4 Å². The first-order chi connectivity index (χ1) is 15.0. The van der Waals surface area contributed by atoms with E-state index in [2.05, 4.69) is 10.4 Å². The maximum atomic E-state index is 13.1. The Hall–Kier alpha value is -3.13. The summed E-state index contributed by atoms with van der Waals surface area (Å²) in [6.45, 7) is 1.74. The second kappa shape index (κ2) is 7.53. The van der Waals surface area contributed by atoms with Crippen LogP contribution in [0, 0.1) is 6.92 Å². The molecule has 1 aliphatic rings. The molecular weight excluding hydrogens is 412 g/mol. The van der Waals surface area contributed by atoms with Gasteiger partial charge in [-0.1, -0.05) is 31.0 Å². The van der Waals surface area contributed by atoms with Crippen LogP contribution in [0.4, 0.5) is 0 Å². The number of methoxy groups -OCH3 is 1. The predicted octanol–water partition coefficient (Wildman–Crippen LogP) is 3.61. The van der Waals surface area contributed by atoms with Gasteiger partial charge in [-0.15, -0.1) is 11.3 Å². The first-order valence-corrected chi connectivity index (χ1v) is 11.3. The van der Waals surface area contributed by atoms with Gasteiger partial charge in [0.05, 0.1) is 12.6 Å². The lowest BCUT2D eigenvalue weighted by atomic mass is 9.87. The second-order valence-corrected chi connectivity index (χ2v) is 8.99. The van der Waals surface area contributed by atoms with Crippen molar-refractivity contribution in [2.75, 3.05) is 7.11 Å². The minimum Gasteiger partial charge on any atom is -0.496 e. The summed E-state index contributed by atoms with van der Waals surface area (Å²) >= 11 is 1.57. The van der Waals surface area contributed by atoms with E-state index < -0.39 is 5.54 Å². The Kier molecular flexibility index (Phi) is 4.81. The highest BCUT2D eigenvalue weighted by molar-refractivity contribution is 7.16. The van der Waals surface area contributed by atoms with Crippen LogP contribution in [-0.4, -0.2) is 27.2 Å². The first kappa shape index (κ1) is 19.8. The molecule has 8 heteroatoms. The quantitative estimate of drug-likeness (QED) is 0.518. The minimum atomic E-state index is -0.482. The van der Waals surface area contributed by atoms with Crippen LogP contribution >= 0.6 is 11.3 Å². The molecule has 1 fully saturated rings. The topological polar surface area (TPSA) is 77.6 Å². The van der Waals surface area contributed by atoms with Crippen molar-refractivity contribution in [1.29, 1.82) is 0 Å². The third kappa shape index (κ3) is 3.22. The number of amides is 1. The highest BCUT2D eigenvalue weighted by Gasteiger charge is 2.39. The Balaban J connectivity index is 1.48. The molecule has 160 valence electrons. The zero-order valence-corrected chi connectivity index (χ0v) is 18.4. The summed E-state index contributed by atoms with van der Waals surface area (Å²) in [5.74, 6) is 1.23. The Morgan fingerprint density at radius 3 is 2.81 bits per heavy atom. The van der Waals surface area contributed by atoms with Crippen LogP contribution < -0.4 is 15.6 Å². The van der Waals surface area contributed by atoms with Crippen LogP contribution in [0.3, 0.4) is 0 Å². The number of ether oxygens (including phenoxy) is 1. The maximum Gasteiger partial charge on any atom is 0.291 e. The number of rotatable bonds is 5. The van der Waals surface area contributed by atoms with Crippen LogP contribution in [0.15, 0.2) is 46.6 Å². The molecule has 0 atom stereocenters. The summed E-state index contributed by atoms with van der Waals surface area (Å²) in [6.07, 6.45) is 3.74. The van der Waals surface area contributed by atoms with E-state index in [0.29, 0.717) is 11.3 Å². The predicted molar refractivity (Wildman–Crippen MR) is 121 cm³/mol. The molecule has 1 aliphatic carbocycles. The van der Waals surface area contributed by atoms with Crippen LogP contribution in [-0.2, 0) is 16.9 Å². The fourth-order valence-electron chi connectivity index (χ4n) is 4.83. The Bertz CT molecular complexity index is 1340. The highest BCUT2D eigenvalue weighted by atomic mass is 32.1. The van der Waals surface area contributed by atoms with E-state index >= 15 is 0 Å². The van der Waals surface area contributed by atoms with Crippen molar-refractivity contribution in [2.45, 2.75) is 44.7 Å². The van der Waals surface area contributed by atoms with E-state index in [1.807, 2.05) is 53.1 Å².